The first-order valence-electron chi connectivity index (χ1n) is 7.64. The molecule has 0 aliphatic rings. The monoisotopic (exact) mass is 451 g/mol. The van der Waals surface area contributed by atoms with E-state index in [-0.39, 0.29) is 21.5 Å². The zero-order valence-electron chi connectivity index (χ0n) is 15.1. The van der Waals surface area contributed by atoms with E-state index in [0.717, 1.165) is 4.68 Å². The van der Waals surface area contributed by atoms with Crippen LogP contribution < -0.4 is 5.32 Å². The maximum absolute atomic E-state index is 13.0. The van der Waals surface area contributed by atoms with E-state index in [0.29, 0.717) is 5.69 Å². The van der Waals surface area contributed by atoms with Crippen molar-refractivity contribution in [3.8, 4) is 0 Å². The summed E-state index contributed by atoms with van der Waals surface area (Å²) in [5.41, 5.74) is -0.479. The molecule has 0 spiro atoms. The third-order valence-corrected chi connectivity index (χ3v) is 5.00. The van der Waals surface area contributed by atoms with Crippen LogP contribution in [0.3, 0.4) is 0 Å². The van der Waals surface area contributed by atoms with E-state index in [1.54, 1.807) is 14.0 Å². The number of halogens is 4. The maximum Gasteiger partial charge on any atom is 0.436 e. The van der Waals surface area contributed by atoms with Gasteiger partial charge in [-0.3, -0.25) is 14.2 Å². The van der Waals surface area contributed by atoms with E-state index in [2.05, 4.69) is 36.2 Å². The lowest BCUT2D eigenvalue weighted by Gasteiger charge is -2.15. The zero-order chi connectivity index (χ0) is 20.7. The summed E-state index contributed by atoms with van der Waals surface area (Å²) in [6, 6.07) is -1.08. The summed E-state index contributed by atoms with van der Waals surface area (Å²) in [5, 5.41) is 10.0. The molecule has 2 aromatic heterocycles. The molecule has 27 heavy (non-hydrogen) atoms. The highest BCUT2D eigenvalue weighted by atomic mass is 79.9. The number of hydrogen-bond donors (Lipinski definition) is 1. The van der Waals surface area contributed by atoms with Gasteiger partial charge < -0.3 is 10.1 Å². The Bertz CT molecular complexity index is 904. The van der Waals surface area contributed by atoms with Crippen molar-refractivity contribution in [3.63, 3.8) is 0 Å². The van der Waals surface area contributed by atoms with Crippen molar-refractivity contribution in [2.24, 2.45) is 7.05 Å². The number of rotatable bonds is 4. The highest BCUT2D eigenvalue weighted by molar-refractivity contribution is 9.10. The fraction of sp³-hybridized carbons (Fsp3) is 0.467. The van der Waals surface area contributed by atoms with Gasteiger partial charge in [-0.1, -0.05) is 0 Å². The molecular formula is C15H17BrF3N5O3. The fourth-order valence-corrected chi connectivity index (χ4v) is 2.88. The second-order valence-electron chi connectivity index (χ2n) is 5.78. The normalized spacial score (nSPS) is 12.8. The van der Waals surface area contributed by atoms with Crippen molar-refractivity contribution in [3.05, 3.63) is 27.2 Å². The standard InChI is InChI=1S/C15H17BrF3N5O3/c1-6-9(16)12(15(17,18)19)22-24(6)8(3)13(25)20-10-7(2)23(4)21-11(10)14(26)27-5/h8H,1-5H3,(H,20,25). The summed E-state index contributed by atoms with van der Waals surface area (Å²) in [7, 11) is 2.75. The molecule has 2 rings (SSSR count). The second kappa shape index (κ2) is 7.33. The molecule has 1 atom stereocenters. The van der Waals surface area contributed by atoms with E-state index in [1.165, 1.54) is 25.6 Å². The number of alkyl halides is 3. The van der Waals surface area contributed by atoms with E-state index in [4.69, 9.17) is 0 Å². The first-order valence-corrected chi connectivity index (χ1v) is 8.44. The van der Waals surface area contributed by atoms with E-state index < -0.39 is 29.8 Å². The lowest BCUT2D eigenvalue weighted by atomic mass is 10.2. The quantitative estimate of drug-likeness (QED) is 0.721. The summed E-state index contributed by atoms with van der Waals surface area (Å²) >= 11 is 2.87. The third kappa shape index (κ3) is 3.84. The van der Waals surface area contributed by atoms with Crippen molar-refractivity contribution in [1.82, 2.24) is 19.6 Å². The van der Waals surface area contributed by atoms with Crippen LogP contribution in [0.25, 0.3) is 0 Å². The predicted molar refractivity (Wildman–Crippen MR) is 92.3 cm³/mol. The minimum absolute atomic E-state index is 0.104. The van der Waals surface area contributed by atoms with Crippen LogP contribution in [-0.2, 0) is 22.8 Å². The Hall–Kier alpha value is -2.37. The van der Waals surface area contributed by atoms with Gasteiger partial charge >= 0.3 is 12.1 Å². The number of aromatic nitrogens is 4. The Labute approximate surface area is 160 Å². The molecular weight excluding hydrogens is 435 g/mol. The van der Waals surface area contributed by atoms with Crippen LogP contribution in [0.5, 0.6) is 0 Å². The Morgan fingerprint density at radius 3 is 2.30 bits per heavy atom. The number of carbonyl (C=O) groups excluding carboxylic acids is 2. The van der Waals surface area contributed by atoms with Gasteiger partial charge in [0.2, 0.25) is 5.91 Å². The van der Waals surface area contributed by atoms with Gasteiger partial charge in [-0.05, 0) is 36.7 Å². The minimum atomic E-state index is -4.66. The van der Waals surface area contributed by atoms with Crippen LogP contribution in [0.1, 0.15) is 40.5 Å². The number of hydrogen-bond acceptors (Lipinski definition) is 5. The van der Waals surface area contributed by atoms with Gasteiger partial charge in [0.05, 0.1) is 28.7 Å². The largest absolute Gasteiger partial charge is 0.464 e. The number of nitrogens with one attached hydrogen (secondary N) is 1. The van der Waals surface area contributed by atoms with E-state index in [9.17, 15) is 22.8 Å². The van der Waals surface area contributed by atoms with Gasteiger partial charge in [-0.2, -0.15) is 23.4 Å². The average Bonchev–Trinajstić information content (AvgIpc) is 3.04. The van der Waals surface area contributed by atoms with Gasteiger partial charge in [0, 0.05) is 7.05 Å². The van der Waals surface area contributed by atoms with E-state index >= 15 is 0 Å². The van der Waals surface area contributed by atoms with Crippen LogP contribution >= 0.6 is 15.9 Å². The van der Waals surface area contributed by atoms with Crippen LogP contribution in [-0.4, -0.2) is 38.5 Å². The van der Waals surface area contributed by atoms with Gasteiger partial charge in [-0.25, -0.2) is 4.79 Å². The molecule has 0 saturated carbocycles. The molecule has 0 fully saturated rings. The molecule has 0 bridgehead atoms. The van der Waals surface area contributed by atoms with Gasteiger partial charge in [0.15, 0.2) is 11.4 Å². The number of carbonyl (C=O) groups is 2. The van der Waals surface area contributed by atoms with Crippen molar-refractivity contribution in [2.45, 2.75) is 33.0 Å². The fourth-order valence-electron chi connectivity index (χ4n) is 2.39. The zero-order valence-corrected chi connectivity index (χ0v) is 16.7. The predicted octanol–water partition coefficient (Wildman–Crippen LogP) is 3.00. The molecule has 0 saturated heterocycles. The molecule has 148 valence electrons. The Morgan fingerprint density at radius 1 is 1.22 bits per heavy atom. The van der Waals surface area contributed by atoms with Crippen LogP contribution in [0.4, 0.5) is 18.9 Å². The van der Waals surface area contributed by atoms with Gasteiger partial charge in [0.25, 0.3) is 0 Å². The minimum Gasteiger partial charge on any atom is -0.464 e. The number of anilines is 1. The van der Waals surface area contributed by atoms with Crippen LogP contribution in [0.2, 0.25) is 0 Å². The number of ether oxygens (including phenoxy) is 1. The summed E-state index contributed by atoms with van der Waals surface area (Å²) in [6.07, 6.45) is -4.66. The van der Waals surface area contributed by atoms with Crippen molar-refractivity contribution in [1.29, 1.82) is 0 Å². The van der Waals surface area contributed by atoms with Crippen molar-refractivity contribution < 1.29 is 27.5 Å². The van der Waals surface area contributed by atoms with Crippen LogP contribution in [0, 0.1) is 13.8 Å². The Balaban J connectivity index is 2.37. The molecule has 0 aromatic carbocycles. The SMILES string of the molecule is COC(=O)c1nn(C)c(C)c1NC(=O)C(C)n1nc(C(F)(F)F)c(Br)c1C. The lowest BCUT2D eigenvalue weighted by molar-refractivity contribution is -0.142. The van der Waals surface area contributed by atoms with Crippen LogP contribution in [0.15, 0.2) is 4.47 Å². The highest BCUT2D eigenvalue weighted by Gasteiger charge is 2.39. The molecule has 0 aliphatic carbocycles. The maximum atomic E-state index is 13.0. The smallest absolute Gasteiger partial charge is 0.436 e. The van der Waals surface area contributed by atoms with E-state index in [1.807, 2.05) is 0 Å². The molecule has 0 aliphatic heterocycles. The summed E-state index contributed by atoms with van der Waals surface area (Å²) in [4.78, 5) is 24.4. The van der Waals surface area contributed by atoms with Gasteiger partial charge in [-0.15, -0.1) is 0 Å². The highest BCUT2D eigenvalue weighted by Crippen LogP contribution is 2.36. The first-order chi connectivity index (χ1) is 12.4. The molecule has 8 nitrogen and oxygen atoms in total. The molecule has 2 aromatic rings. The molecule has 0 radical (unpaired) electrons. The third-order valence-electron chi connectivity index (χ3n) is 4.05. The van der Waals surface area contributed by atoms with Crippen molar-refractivity contribution in [2.75, 3.05) is 12.4 Å². The molecule has 1 amide bonds. The Kier molecular flexibility index (Phi) is 5.68. The molecule has 1 unspecified atom stereocenters. The summed E-state index contributed by atoms with van der Waals surface area (Å²) < 4.78 is 45.8. The molecule has 2 heterocycles. The summed E-state index contributed by atoms with van der Waals surface area (Å²) in [6.45, 7) is 4.42. The number of amides is 1. The van der Waals surface area contributed by atoms with Gasteiger partial charge in [0.1, 0.15) is 6.04 Å². The topological polar surface area (TPSA) is 91.0 Å². The lowest BCUT2D eigenvalue weighted by Crippen LogP contribution is -2.26. The Morgan fingerprint density at radius 2 is 1.81 bits per heavy atom. The molecule has 12 heteroatoms. The number of aryl methyl sites for hydroxylation is 1. The number of methoxy groups -OCH3 is 1. The molecule has 1 N–H and O–H groups in total. The van der Waals surface area contributed by atoms with Crippen molar-refractivity contribution >= 4 is 33.5 Å². The summed E-state index contributed by atoms with van der Waals surface area (Å²) in [5.74, 6) is -1.41. The second-order valence-corrected chi connectivity index (χ2v) is 6.57. The number of nitrogens with zero attached hydrogens (tertiary/aromatic N) is 4. The first kappa shape index (κ1) is 20.9. The average molecular weight is 452 g/mol. The number of esters is 1.